The number of para-hydroxylation sites is 2. The van der Waals surface area contributed by atoms with Crippen LogP contribution in [0.25, 0.3) is 5.69 Å². The van der Waals surface area contributed by atoms with Crippen molar-refractivity contribution in [3.8, 4) is 11.4 Å². The van der Waals surface area contributed by atoms with Gasteiger partial charge in [-0.15, -0.1) is 0 Å². The Morgan fingerprint density at radius 2 is 1.81 bits per heavy atom. The van der Waals surface area contributed by atoms with Gasteiger partial charge in [0.1, 0.15) is 5.75 Å². The number of hydrogen-bond donors (Lipinski definition) is 2. The van der Waals surface area contributed by atoms with E-state index < -0.39 is 0 Å². The number of hydrogen-bond acceptors (Lipinski definition) is 3. The van der Waals surface area contributed by atoms with Crippen molar-refractivity contribution in [1.29, 1.82) is 0 Å². The van der Waals surface area contributed by atoms with Gasteiger partial charge in [-0.1, -0.05) is 24.3 Å². The van der Waals surface area contributed by atoms with E-state index >= 15 is 0 Å². The molecule has 2 aromatic carbocycles. The highest BCUT2D eigenvalue weighted by molar-refractivity contribution is 5.61. The molecule has 21 heavy (non-hydrogen) atoms. The maximum atomic E-state index is 9.37. The first kappa shape index (κ1) is 13.2. The summed E-state index contributed by atoms with van der Waals surface area (Å²) >= 11 is 0. The Hall–Kier alpha value is -2.75. The van der Waals surface area contributed by atoms with Gasteiger partial charge in [0.05, 0.1) is 11.4 Å². The van der Waals surface area contributed by atoms with E-state index in [4.69, 9.17) is 0 Å². The molecule has 1 unspecified atom stereocenters. The van der Waals surface area contributed by atoms with Crippen molar-refractivity contribution in [2.24, 2.45) is 0 Å². The number of nitrogens with zero attached hydrogens (tertiary/aromatic N) is 2. The highest BCUT2D eigenvalue weighted by Crippen LogP contribution is 2.25. The Morgan fingerprint density at radius 3 is 2.52 bits per heavy atom. The van der Waals surface area contributed by atoms with Crippen LogP contribution in [0, 0.1) is 0 Å². The Labute approximate surface area is 123 Å². The molecular formula is C17H17N3O. The highest BCUT2D eigenvalue weighted by Gasteiger charge is 2.09. The second-order valence-electron chi connectivity index (χ2n) is 4.93. The van der Waals surface area contributed by atoms with Gasteiger partial charge in [-0.2, -0.15) is 5.10 Å². The SMILES string of the molecule is CC(Nc1ccccc1-n1cccn1)c1ccc(O)cc1. The zero-order chi connectivity index (χ0) is 14.7. The summed E-state index contributed by atoms with van der Waals surface area (Å²) in [4.78, 5) is 0. The number of aromatic nitrogens is 2. The molecule has 0 amide bonds. The standard InChI is InChI=1S/C17H17N3O/c1-13(14-7-9-15(21)10-8-14)19-16-5-2-3-6-17(16)20-12-4-11-18-20/h2-13,19,21H,1H3. The molecule has 0 spiro atoms. The Balaban J connectivity index is 1.86. The number of aromatic hydroxyl groups is 1. The number of nitrogens with one attached hydrogen (secondary N) is 1. The van der Waals surface area contributed by atoms with Crippen molar-refractivity contribution in [2.45, 2.75) is 13.0 Å². The molecule has 106 valence electrons. The van der Waals surface area contributed by atoms with E-state index in [9.17, 15) is 5.11 Å². The molecule has 0 bridgehead atoms. The summed E-state index contributed by atoms with van der Waals surface area (Å²) in [6.45, 7) is 2.09. The van der Waals surface area contributed by atoms with Crippen LogP contribution < -0.4 is 5.32 Å². The third-order valence-corrected chi connectivity index (χ3v) is 3.42. The van der Waals surface area contributed by atoms with Gasteiger partial charge < -0.3 is 10.4 Å². The van der Waals surface area contributed by atoms with Crippen molar-refractivity contribution < 1.29 is 5.11 Å². The molecule has 0 fully saturated rings. The summed E-state index contributed by atoms with van der Waals surface area (Å²) in [5, 5.41) is 17.1. The van der Waals surface area contributed by atoms with Crippen LogP contribution in [0.4, 0.5) is 5.69 Å². The number of phenols is 1. The van der Waals surface area contributed by atoms with Crippen LogP contribution in [-0.2, 0) is 0 Å². The molecule has 4 heteroatoms. The molecule has 1 atom stereocenters. The van der Waals surface area contributed by atoms with Gasteiger partial charge in [0.25, 0.3) is 0 Å². The molecule has 0 saturated carbocycles. The third kappa shape index (κ3) is 2.89. The lowest BCUT2D eigenvalue weighted by atomic mass is 10.1. The summed E-state index contributed by atoms with van der Waals surface area (Å²) in [6, 6.07) is 17.3. The zero-order valence-corrected chi connectivity index (χ0v) is 11.8. The van der Waals surface area contributed by atoms with Crippen molar-refractivity contribution >= 4 is 5.69 Å². The number of anilines is 1. The summed E-state index contributed by atoms with van der Waals surface area (Å²) < 4.78 is 1.84. The average Bonchev–Trinajstić information content (AvgIpc) is 3.02. The number of rotatable bonds is 4. The van der Waals surface area contributed by atoms with E-state index in [0.29, 0.717) is 0 Å². The summed E-state index contributed by atoms with van der Waals surface area (Å²) in [5.41, 5.74) is 3.14. The van der Waals surface area contributed by atoms with Gasteiger partial charge >= 0.3 is 0 Å². The van der Waals surface area contributed by atoms with Crippen LogP contribution in [0.3, 0.4) is 0 Å². The molecule has 2 N–H and O–H groups in total. The summed E-state index contributed by atoms with van der Waals surface area (Å²) in [6.07, 6.45) is 3.69. The number of phenolic OH excluding ortho intramolecular Hbond substituents is 1. The first-order valence-corrected chi connectivity index (χ1v) is 6.88. The fourth-order valence-corrected chi connectivity index (χ4v) is 2.29. The largest absolute Gasteiger partial charge is 0.508 e. The Morgan fingerprint density at radius 1 is 1.05 bits per heavy atom. The summed E-state index contributed by atoms with van der Waals surface area (Å²) in [7, 11) is 0. The minimum atomic E-state index is 0.127. The third-order valence-electron chi connectivity index (χ3n) is 3.42. The van der Waals surface area contributed by atoms with Gasteiger partial charge in [-0.05, 0) is 42.8 Å². The van der Waals surface area contributed by atoms with Gasteiger partial charge in [0.15, 0.2) is 0 Å². The second-order valence-corrected chi connectivity index (χ2v) is 4.93. The summed E-state index contributed by atoms with van der Waals surface area (Å²) in [5.74, 6) is 0.280. The van der Waals surface area contributed by atoms with Crippen LogP contribution in [0.2, 0.25) is 0 Å². The molecule has 0 saturated heterocycles. The minimum absolute atomic E-state index is 0.127. The van der Waals surface area contributed by atoms with Crippen molar-refractivity contribution in [1.82, 2.24) is 9.78 Å². The predicted octanol–water partition coefficient (Wildman–Crippen LogP) is 3.75. The molecule has 1 aromatic heterocycles. The van der Waals surface area contributed by atoms with E-state index in [2.05, 4.69) is 17.3 Å². The maximum Gasteiger partial charge on any atom is 0.115 e. The van der Waals surface area contributed by atoms with E-state index in [1.807, 2.05) is 53.3 Å². The van der Waals surface area contributed by atoms with Crippen LogP contribution in [0.15, 0.2) is 67.0 Å². The average molecular weight is 279 g/mol. The molecule has 0 aliphatic carbocycles. The molecule has 0 radical (unpaired) electrons. The zero-order valence-electron chi connectivity index (χ0n) is 11.8. The van der Waals surface area contributed by atoms with E-state index in [1.165, 1.54) is 0 Å². The Bertz CT molecular complexity index is 705. The van der Waals surface area contributed by atoms with Crippen LogP contribution in [0.1, 0.15) is 18.5 Å². The Kier molecular flexibility index (Phi) is 3.60. The molecule has 3 rings (SSSR count). The first-order valence-electron chi connectivity index (χ1n) is 6.88. The van der Waals surface area contributed by atoms with Gasteiger partial charge in [-0.3, -0.25) is 0 Å². The van der Waals surface area contributed by atoms with Gasteiger partial charge in [0.2, 0.25) is 0 Å². The first-order chi connectivity index (χ1) is 10.2. The molecule has 0 aliphatic rings. The molecule has 4 nitrogen and oxygen atoms in total. The van der Waals surface area contributed by atoms with Crippen molar-refractivity contribution in [3.05, 3.63) is 72.6 Å². The van der Waals surface area contributed by atoms with Crippen molar-refractivity contribution in [3.63, 3.8) is 0 Å². The fraction of sp³-hybridized carbons (Fsp3) is 0.118. The number of benzene rings is 2. The lowest BCUT2D eigenvalue weighted by molar-refractivity contribution is 0.475. The normalized spacial score (nSPS) is 12.0. The van der Waals surface area contributed by atoms with Crippen LogP contribution >= 0.6 is 0 Å². The molecule has 0 aliphatic heterocycles. The maximum absolute atomic E-state index is 9.37. The van der Waals surface area contributed by atoms with E-state index in [1.54, 1.807) is 18.3 Å². The molecule has 3 aromatic rings. The monoisotopic (exact) mass is 279 g/mol. The quantitative estimate of drug-likeness (QED) is 0.764. The topological polar surface area (TPSA) is 50.1 Å². The lowest BCUT2D eigenvalue weighted by Gasteiger charge is -2.18. The van der Waals surface area contributed by atoms with Crippen molar-refractivity contribution in [2.75, 3.05) is 5.32 Å². The minimum Gasteiger partial charge on any atom is -0.508 e. The van der Waals surface area contributed by atoms with E-state index in [0.717, 1.165) is 16.9 Å². The van der Waals surface area contributed by atoms with Crippen LogP contribution in [-0.4, -0.2) is 14.9 Å². The van der Waals surface area contributed by atoms with Gasteiger partial charge in [0, 0.05) is 18.4 Å². The molecular weight excluding hydrogens is 262 g/mol. The fourth-order valence-electron chi connectivity index (χ4n) is 2.29. The molecule has 1 heterocycles. The van der Waals surface area contributed by atoms with Crippen LogP contribution in [0.5, 0.6) is 5.75 Å². The van der Waals surface area contributed by atoms with Gasteiger partial charge in [-0.25, -0.2) is 4.68 Å². The van der Waals surface area contributed by atoms with E-state index in [-0.39, 0.29) is 11.8 Å². The second kappa shape index (κ2) is 5.71. The highest BCUT2D eigenvalue weighted by atomic mass is 16.3. The smallest absolute Gasteiger partial charge is 0.115 e. The lowest BCUT2D eigenvalue weighted by Crippen LogP contribution is -2.09. The predicted molar refractivity (Wildman–Crippen MR) is 83.7 cm³/mol.